The Morgan fingerprint density at radius 2 is 2.13 bits per heavy atom. The number of aromatic nitrogens is 2. The lowest BCUT2D eigenvalue weighted by Gasteiger charge is -2.12. The van der Waals surface area contributed by atoms with Crippen LogP contribution in [0.3, 0.4) is 0 Å². The lowest BCUT2D eigenvalue weighted by molar-refractivity contribution is 0.223. The van der Waals surface area contributed by atoms with E-state index in [1.807, 2.05) is 49.4 Å². The third-order valence-electron chi connectivity index (χ3n) is 5.28. The number of benzene rings is 2. The van der Waals surface area contributed by atoms with Crippen LogP contribution >= 0.6 is 0 Å². The highest BCUT2D eigenvalue weighted by Crippen LogP contribution is 2.26. The fraction of sp³-hybridized carbons (Fsp3) is 0.250. The summed E-state index contributed by atoms with van der Waals surface area (Å²) in [4.78, 5) is 4.48. The van der Waals surface area contributed by atoms with Gasteiger partial charge in [-0.3, -0.25) is 0 Å². The highest BCUT2D eigenvalue weighted by molar-refractivity contribution is 5.63. The molecule has 1 aliphatic heterocycles. The molecule has 3 aromatic rings. The molecule has 2 atom stereocenters. The van der Waals surface area contributed by atoms with Gasteiger partial charge in [0.05, 0.1) is 11.9 Å². The molecule has 2 heterocycles. The minimum Gasteiger partial charge on any atom is -0.489 e. The first-order valence-electron chi connectivity index (χ1n) is 10.1. The van der Waals surface area contributed by atoms with Crippen molar-refractivity contribution in [2.45, 2.75) is 25.4 Å². The monoisotopic (exact) mass is 404 g/mol. The molecule has 1 N–H and O–H groups in total. The minimum atomic E-state index is -0.235. The first-order valence-corrected chi connectivity index (χ1v) is 10.1. The van der Waals surface area contributed by atoms with E-state index in [4.69, 9.17) is 4.74 Å². The molecular weight excluding hydrogens is 379 g/mol. The molecule has 6 heteroatoms. The first-order chi connectivity index (χ1) is 14.6. The molecule has 1 aromatic heterocycles. The largest absolute Gasteiger partial charge is 0.489 e. The molecule has 1 aliphatic rings. The predicted octanol–water partition coefficient (Wildman–Crippen LogP) is 4.71. The second kappa shape index (κ2) is 9.05. The summed E-state index contributed by atoms with van der Waals surface area (Å²) < 4.78 is 21.2. The van der Waals surface area contributed by atoms with Crippen molar-refractivity contribution >= 4 is 12.8 Å². The average molecular weight is 404 g/mol. The maximum atomic E-state index is 13.5. The second-order valence-corrected chi connectivity index (χ2v) is 7.41. The van der Waals surface area contributed by atoms with Gasteiger partial charge in [-0.2, -0.15) is 5.10 Å². The normalized spacial score (nSPS) is 17.3. The molecule has 0 radical (unpaired) electrons. The molecule has 1 unspecified atom stereocenters. The summed E-state index contributed by atoms with van der Waals surface area (Å²) in [6.45, 7) is 7.59. The standard InChI is InChI=1S/C24H25FN4O/c1-17(19-4-3-5-20(25)14-19)6-11-24-28-16-23(29(24)26-2)18-7-9-21(10-8-18)30-22-12-13-27-15-22/h3-11,14,16-17,22,27H,2,12-13,15H2,1H3/b11-6-/t17?,22-/m1/s1. The van der Waals surface area contributed by atoms with E-state index < -0.39 is 0 Å². The van der Waals surface area contributed by atoms with Crippen molar-refractivity contribution < 1.29 is 9.13 Å². The summed E-state index contributed by atoms with van der Waals surface area (Å²) in [5.74, 6) is 1.33. The van der Waals surface area contributed by atoms with Crippen LogP contribution in [0.25, 0.3) is 17.3 Å². The zero-order chi connectivity index (χ0) is 20.9. The van der Waals surface area contributed by atoms with Crippen LogP contribution in [0.5, 0.6) is 5.75 Å². The van der Waals surface area contributed by atoms with E-state index in [2.05, 4.69) is 22.1 Å². The van der Waals surface area contributed by atoms with Crippen molar-refractivity contribution in [3.8, 4) is 17.0 Å². The van der Waals surface area contributed by atoms with Crippen LogP contribution in [0.2, 0.25) is 0 Å². The zero-order valence-corrected chi connectivity index (χ0v) is 17.0. The summed E-state index contributed by atoms with van der Waals surface area (Å²) in [5, 5.41) is 7.43. The Kier molecular flexibility index (Phi) is 6.05. The number of nitrogens with one attached hydrogen (secondary N) is 1. The minimum absolute atomic E-state index is 0.0422. The van der Waals surface area contributed by atoms with Crippen molar-refractivity contribution in [2.75, 3.05) is 13.1 Å². The molecule has 0 amide bonds. The van der Waals surface area contributed by atoms with Crippen LogP contribution in [0.1, 0.15) is 30.7 Å². The lowest BCUT2D eigenvalue weighted by atomic mass is 10.0. The summed E-state index contributed by atoms with van der Waals surface area (Å²) in [7, 11) is 0. The Bertz CT molecular complexity index is 1040. The van der Waals surface area contributed by atoms with Gasteiger partial charge in [-0.05, 0) is 66.9 Å². The molecule has 1 fully saturated rings. The molecule has 154 valence electrons. The van der Waals surface area contributed by atoms with Gasteiger partial charge in [0, 0.05) is 18.8 Å². The molecule has 5 nitrogen and oxygen atoms in total. The van der Waals surface area contributed by atoms with E-state index in [-0.39, 0.29) is 17.8 Å². The smallest absolute Gasteiger partial charge is 0.153 e. The van der Waals surface area contributed by atoms with E-state index in [9.17, 15) is 4.39 Å². The number of ether oxygens (including phenoxy) is 1. The van der Waals surface area contributed by atoms with Gasteiger partial charge in [0.2, 0.25) is 0 Å². The van der Waals surface area contributed by atoms with E-state index in [0.29, 0.717) is 5.82 Å². The van der Waals surface area contributed by atoms with Crippen molar-refractivity contribution in [1.82, 2.24) is 15.0 Å². The van der Waals surface area contributed by atoms with Crippen molar-refractivity contribution in [3.05, 3.63) is 78.0 Å². The third kappa shape index (κ3) is 4.49. The van der Waals surface area contributed by atoms with Crippen LogP contribution in [-0.2, 0) is 0 Å². The lowest BCUT2D eigenvalue weighted by Crippen LogP contribution is -2.19. The van der Waals surface area contributed by atoms with Crippen LogP contribution in [0, 0.1) is 5.82 Å². The molecular formula is C24H25FN4O. The van der Waals surface area contributed by atoms with Crippen LogP contribution < -0.4 is 10.1 Å². The number of imidazole rings is 1. The van der Waals surface area contributed by atoms with E-state index in [1.165, 1.54) is 6.07 Å². The SMILES string of the molecule is C=Nn1c(-c2ccc(O[C@@H]3CCNC3)cc2)cnc1/C=C\C(C)c1cccc(F)c1. The van der Waals surface area contributed by atoms with Crippen LogP contribution in [-0.4, -0.2) is 35.6 Å². The number of halogens is 1. The first kappa shape index (κ1) is 20.0. The fourth-order valence-corrected chi connectivity index (χ4v) is 3.58. The molecule has 0 bridgehead atoms. The van der Waals surface area contributed by atoms with Crippen molar-refractivity contribution in [1.29, 1.82) is 0 Å². The molecule has 1 saturated heterocycles. The number of rotatable bonds is 7. The topological polar surface area (TPSA) is 51.4 Å². The van der Waals surface area contributed by atoms with Gasteiger partial charge in [-0.25, -0.2) is 14.1 Å². The second-order valence-electron chi connectivity index (χ2n) is 7.41. The van der Waals surface area contributed by atoms with Crippen LogP contribution in [0.4, 0.5) is 4.39 Å². The molecule has 30 heavy (non-hydrogen) atoms. The molecule has 2 aromatic carbocycles. The maximum Gasteiger partial charge on any atom is 0.153 e. The van der Waals surface area contributed by atoms with Crippen molar-refractivity contribution in [2.24, 2.45) is 5.10 Å². The highest BCUT2D eigenvalue weighted by Gasteiger charge is 2.16. The van der Waals surface area contributed by atoms with E-state index >= 15 is 0 Å². The van der Waals surface area contributed by atoms with Gasteiger partial charge in [-0.15, -0.1) is 0 Å². The number of nitrogens with zero attached hydrogens (tertiary/aromatic N) is 3. The quantitative estimate of drug-likeness (QED) is 0.580. The summed E-state index contributed by atoms with van der Waals surface area (Å²) >= 11 is 0. The Morgan fingerprint density at radius 3 is 2.83 bits per heavy atom. The molecule has 0 spiro atoms. The maximum absolute atomic E-state index is 13.5. The zero-order valence-electron chi connectivity index (χ0n) is 17.0. The van der Waals surface area contributed by atoms with Gasteiger partial charge >= 0.3 is 0 Å². The summed E-state index contributed by atoms with van der Waals surface area (Å²) in [6.07, 6.45) is 6.90. The summed E-state index contributed by atoms with van der Waals surface area (Å²) in [5.41, 5.74) is 2.73. The number of hydrogen-bond acceptors (Lipinski definition) is 4. The fourth-order valence-electron chi connectivity index (χ4n) is 3.58. The van der Waals surface area contributed by atoms with Gasteiger partial charge < -0.3 is 10.1 Å². The Hall–Kier alpha value is -3.25. The third-order valence-corrected chi connectivity index (χ3v) is 5.28. The average Bonchev–Trinajstić information content (AvgIpc) is 3.42. The Morgan fingerprint density at radius 1 is 1.30 bits per heavy atom. The van der Waals surface area contributed by atoms with Gasteiger partial charge in [-0.1, -0.05) is 25.1 Å². The van der Waals surface area contributed by atoms with Gasteiger partial charge in [0.25, 0.3) is 0 Å². The van der Waals surface area contributed by atoms with E-state index in [0.717, 1.165) is 42.1 Å². The molecule has 0 saturated carbocycles. The highest BCUT2D eigenvalue weighted by atomic mass is 19.1. The number of hydrogen-bond donors (Lipinski definition) is 1. The number of allylic oxidation sites excluding steroid dienone is 1. The summed E-state index contributed by atoms with van der Waals surface area (Å²) in [6, 6.07) is 14.6. The molecule has 4 rings (SSSR count). The van der Waals surface area contributed by atoms with Gasteiger partial charge in [0.1, 0.15) is 17.7 Å². The molecule has 0 aliphatic carbocycles. The van der Waals surface area contributed by atoms with Crippen LogP contribution in [0.15, 0.2) is 65.9 Å². The van der Waals surface area contributed by atoms with E-state index in [1.54, 1.807) is 23.0 Å². The van der Waals surface area contributed by atoms with Crippen molar-refractivity contribution in [3.63, 3.8) is 0 Å². The van der Waals surface area contributed by atoms with Gasteiger partial charge in [0.15, 0.2) is 5.82 Å². The Labute approximate surface area is 175 Å². The Balaban J connectivity index is 1.51. The predicted molar refractivity (Wildman–Crippen MR) is 118 cm³/mol.